The molecule has 0 bridgehead atoms. The van der Waals surface area contributed by atoms with Crippen LogP contribution >= 0.6 is 0 Å². The van der Waals surface area contributed by atoms with E-state index in [1.54, 1.807) is 6.07 Å². The highest BCUT2D eigenvalue weighted by atomic mass is 19.1. The summed E-state index contributed by atoms with van der Waals surface area (Å²) in [5.74, 6) is -0.0380. The van der Waals surface area contributed by atoms with Crippen LogP contribution in [0, 0.1) is 5.82 Å². The highest BCUT2D eigenvalue weighted by molar-refractivity contribution is 5.79. The molecule has 0 aliphatic carbocycles. The lowest BCUT2D eigenvalue weighted by Crippen LogP contribution is -2.20. The third-order valence-corrected chi connectivity index (χ3v) is 4.57. The summed E-state index contributed by atoms with van der Waals surface area (Å²) < 4.78 is 21.7. The van der Waals surface area contributed by atoms with Gasteiger partial charge in [-0.2, -0.15) is 5.10 Å². The molecule has 0 atom stereocenters. The molecule has 25 heavy (non-hydrogen) atoms. The number of benzene rings is 2. The monoisotopic (exact) mass is 337 g/mol. The van der Waals surface area contributed by atoms with E-state index in [1.165, 1.54) is 11.6 Å². The lowest BCUT2D eigenvalue weighted by molar-refractivity contribution is 0.290. The van der Waals surface area contributed by atoms with Crippen molar-refractivity contribution in [1.82, 2.24) is 15.1 Å². The summed E-state index contributed by atoms with van der Waals surface area (Å²) in [6.45, 7) is 2.13. The van der Waals surface area contributed by atoms with Crippen molar-refractivity contribution in [3.63, 3.8) is 0 Å². The number of hydrogen-bond donors (Lipinski definition) is 1. The fraction of sp³-hybridized carbons (Fsp3) is 0.250. The Balaban J connectivity index is 1.54. The van der Waals surface area contributed by atoms with Gasteiger partial charge in [-0.05, 0) is 53.9 Å². The molecule has 1 aliphatic heterocycles. The first-order valence-corrected chi connectivity index (χ1v) is 8.44. The van der Waals surface area contributed by atoms with Crippen LogP contribution in [0.4, 0.5) is 4.39 Å². The van der Waals surface area contributed by atoms with Crippen molar-refractivity contribution < 1.29 is 9.13 Å². The fourth-order valence-corrected chi connectivity index (χ4v) is 3.16. The number of ether oxygens (including phenoxy) is 1. The Morgan fingerprint density at radius 3 is 3.00 bits per heavy atom. The van der Waals surface area contributed by atoms with Crippen LogP contribution in [0.15, 0.2) is 48.7 Å². The van der Waals surface area contributed by atoms with E-state index in [9.17, 15) is 4.39 Å². The van der Waals surface area contributed by atoms with E-state index in [1.807, 2.05) is 42.2 Å². The normalized spacial score (nSPS) is 14.6. The van der Waals surface area contributed by atoms with Gasteiger partial charge in [0.2, 0.25) is 0 Å². The largest absolute Gasteiger partial charge is 0.486 e. The van der Waals surface area contributed by atoms with Gasteiger partial charge in [0.15, 0.2) is 11.6 Å². The van der Waals surface area contributed by atoms with E-state index >= 15 is 0 Å². The number of rotatable bonds is 4. The zero-order valence-corrected chi connectivity index (χ0v) is 14.1. The standard InChI is InChI=1S/C20H20FN3O/c1-24-19-5-2-14(10-17(19)12-23-24)13-25-20-11-16(3-4-18(20)21)15-6-8-22-9-7-15/h2-6,10-12,22H,7-9,13H2,1H3. The molecule has 0 radical (unpaired) electrons. The lowest BCUT2D eigenvalue weighted by Gasteiger charge is -2.15. The third-order valence-electron chi connectivity index (χ3n) is 4.57. The van der Waals surface area contributed by atoms with Crippen molar-refractivity contribution >= 4 is 16.5 Å². The molecule has 4 nitrogen and oxygen atoms in total. The van der Waals surface area contributed by atoms with E-state index in [4.69, 9.17) is 4.74 Å². The van der Waals surface area contributed by atoms with Crippen molar-refractivity contribution in [3.8, 4) is 5.75 Å². The molecular formula is C20H20FN3O. The molecule has 0 saturated carbocycles. The van der Waals surface area contributed by atoms with Crippen molar-refractivity contribution in [2.45, 2.75) is 13.0 Å². The lowest BCUT2D eigenvalue weighted by atomic mass is 10.00. The second-order valence-electron chi connectivity index (χ2n) is 6.28. The molecule has 0 unspecified atom stereocenters. The van der Waals surface area contributed by atoms with Gasteiger partial charge in [-0.1, -0.05) is 18.2 Å². The van der Waals surface area contributed by atoms with Gasteiger partial charge in [-0.3, -0.25) is 4.68 Å². The molecule has 2 aromatic carbocycles. The molecule has 0 spiro atoms. The molecular weight excluding hydrogens is 317 g/mol. The van der Waals surface area contributed by atoms with Crippen LogP contribution in [-0.2, 0) is 13.7 Å². The van der Waals surface area contributed by atoms with Crippen LogP contribution in [-0.4, -0.2) is 22.9 Å². The predicted molar refractivity (Wildman–Crippen MR) is 96.9 cm³/mol. The van der Waals surface area contributed by atoms with Gasteiger partial charge in [-0.15, -0.1) is 0 Å². The van der Waals surface area contributed by atoms with Gasteiger partial charge in [0.25, 0.3) is 0 Å². The minimum atomic E-state index is -0.333. The minimum Gasteiger partial charge on any atom is -0.486 e. The summed E-state index contributed by atoms with van der Waals surface area (Å²) in [5, 5.41) is 8.58. The summed E-state index contributed by atoms with van der Waals surface area (Å²) in [7, 11) is 1.91. The molecule has 5 heteroatoms. The minimum absolute atomic E-state index is 0.295. The van der Waals surface area contributed by atoms with Crippen molar-refractivity contribution in [2.24, 2.45) is 7.05 Å². The molecule has 128 valence electrons. The fourth-order valence-electron chi connectivity index (χ4n) is 3.16. The maximum atomic E-state index is 14.1. The Morgan fingerprint density at radius 2 is 2.16 bits per heavy atom. The predicted octanol–water partition coefficient (Wildman–Crippen LogP) is 3.67. The number of hydrogen-bond acceptors (Lipinski definition) is 3. The van der Waals surface area contributed by atoms with Crippen LogP contribution in [0.2, 0.25) is 0 Å². The number of nitrogens with zero attached hydrogens (tertiary/aromatic N) is 2. The van der Waals surface area contributed by atoms with Crippen LogP contribution in [0.25, 0.3) is 16.5 Å². The van der Waals surface area contributed by atoms with Gasteiger partial charge < -0.3 is 10.1 Å². The average Bonchev–Trinajstić information content (AvgIpc) is 3.02. The number of nitrogens with one attached hydrogen (secondary N) is 1. The summed E-state index contributed by atoms with van der Waals surface area (Å²) in [6, 6.07) is 11.1. The Morgan fingerprint density at radius 1 is 1.24 bits per heavy atom. The van der Waals surface area contributed by atoms with E-state index < -0.39 is 0 Å². The first kappa shape index (κ1) is 15.8. The number of aryl methyl sites for hydroxylation is 1. The van der Waals surface area contributed by atoms with Gasteiger partial charge in [-0.25, -0.2) is 4.39 Å². The zero-order chi connectivity index (χ0) is 17.2. The second kappa shape index (κ2) is 6.69. The maximum absolute atomic E-state index is 14.1. The number of fused-ring (bicyclic) bond motifs is 1. The molecule has 3 aromatic rings. The summed E-state index contributed by atoms with van der Waals surface area (Å²) >= 11 is 0. The molecule has 1 N–H and O–H groups in total. The number of halogens is 1. The van der Waals surface area contributed by atoms with Crippen molar-refractivity contribution in [1.29, 1.82) is 0 Å². The SMILES string of the molecule is Cn1ncc2cc(COc3cc(C4=CCNCC4)ccc3F)ccc21. The van der Waals surface area contributed by atoms with E-state index in [0.717, 1.165) is 41.5 Å². The Kier molecular flexibility index (Phi) is 4.24. The molecule has 4 rings (SSSR count). The molecule has 2 heterocycles. The quantitative estimate of drug-likeness (QED) is 0.789. The van der Waals surface area contributed by atoms with Gasteiger partial charge in [0.1, 0.15) is 6.61 Å². The maximum Gasteiger partial charge on any atom is 0.165 e. The highest BCUT2D eigenvalue weighted by Crippen LogP contribution is 2.27. The van der Waals surface area contributed by atoms with Crippen LogP contribution < -0.4 is 10.1 Å². The molecule has 1 aliphatic rings. The summed E-state index contributed by atoms with van der Waals surface area (Å²) in [6.07, 6.45) is 4.92. The van der Waals surface area contributed by atoms with Crippen LogP contribution in [0.1, 0.15) is 17.5 Å². The summed E-state index contributed by atoms with van der Waals surface area (Å²) in [4.78, 5) is 0. The Labute approximate surface area is 145 Å². The van der Waals surface area contributed by atoms with Crippen LogP contribution in [0.5, 0.6) is 5.75 Å². The second-order valence-corrected chi connectivity index (χ2v) is 6.28. The average molecular weight is 337 g/mol. The summed E-state index contributed by atoms with van der Waals surface area (Å²) in [5.41, 5.74) is 4.32. The third kappa shape index (κ3) is 3.28. The Bertz CT molecular complexity index is 945. The molecule has 0 amide bonds. The zero-order valence-electron chi connectivity index (χ0n) is 14.1. The first-order valence-electron chi connectivity index (χ1n) is 8.44. The van der Waals surface area contributed by atoms with E-state index in [0.29, 0.717) is 12.4 Å². The van der Waals surface area contributed by atoms with Gasteiger partial charge in [0, 0.05) is 19.0 Å². The van der Waals surface area contributed by atoms with Crippen molar-refractivity contribution in [3.05, 3.63) is 65.6 Å². The van der Waals surface area contributed by atoms with Gasteiger partial charge >= 0.3 is 0 Å². The van der Waals surface area contributed by atoms with E-state index in [2.05, 4.69) is 16.5 Å². The van der Waals surface area contributed by atoms with Gasteiger partial charge in [0.05, 0.1) is 11.7 Å². The molecule has 0 fully saturated rings. The van der Waals surface area contributed by atoms with Crippen molar-refractivity contribution in [2.75, 3.05) is 13.1 Å². The van der Waals surface area contributed by atoms with Crippen LogP contribution in [0.3, 0.4) is 0 Å². The van der Waals surface area contributed by atoms with E-state index in [-0.39, 0.29) is 5.82 Å². The Hall–Kier alpha value is -2.66. The highest BCUT2D eigenvalue weighted by Gasteiger charge is 2.11. The first-order chi connectivity index (χ1) is 12.2. The molecule has 1 aromatic heterocycles. The molecule has 0 saturated heterocycles. The smallest absolute Gasteiger partial charge is 0.165 e. The number of aromatic nitrogens is 2. The topological polar surface area (TPSA) is 39.1 Å².